The Balaban J connectivity index is 2.91. The summed E-state index contributed by atoms with van der Waals surface area (Å²) in [4.78, 5) is 14.5. The largest absolute Gasteiger partial charge is 0.454 e. The molecule has 0 aliphatic carbocycles. The summed E-state index contributed by atoms with van der Waals surface area (Å²) in [5, 5.41) is 10.3. The van der Waals surface area contributed by atoms with E-state index in [0.717, 1.165) is 12.1 Å². The van der Waals surface area contributed by atoms with Crippen molar-refractivity contribution in [3.63, 3.8) is 0 Å². The number of carbonyl (C=O) groups is 1. The monoisotopic (exact) mass is 256 g/mol. The molecule has 0 fully saturated rings. The first-order valence-corrected chi connectivity index (χ1v) is 4.55. The van der Waals surface area contributed by atoms with Crippen LogP contribution in [0.4, 0.5) is 18.9 Å². The molecule has 0 aliphatic heterocycles. The highest BCUT2D eigenvalue weighted by molar-refractivity contribution is 6.00. The van der Waals surface area contributed by atoms with Gasteiger partial charge in [-0.3, -0.25) is 10.1 Å². The van der Waals surface area contributed by atoms with Crippen molar-refractivity contribution in [1.82, 2.24) is 5.32 Å². The van der Waals surface area contributed by atoms with Crippen LogP contribution in [0.3, 0.4) is 0 Å². The fourth-order valence-corrected chi connectivity index (χ4v) is 1.08. The van der Waals surface area contributed by atoms with E-state index in [-0.39, 0.29) is 11.6 Å². The van der Waals surface area contributed by atoms with Crippen molar-refractivity contribution < 1.29 is 18.0 Å². The smallest absolute Gasteiger partial charge is 0.369 e. The molecule has 0 heterocycles. The second kappa shape index (κ2) is 5.18. The molecule has 0 saturated carbocycles. The lowest BCUT2D eigenvalue weighted by Gasteiger charge is -2.05. The van der Waals surface area contributed by atoms with Crippen LogP contribution in [0.2, 0.25) is 0 Å². The number of halogens is 3. The molecule has 0 aliphatic rings. The fraction of sp³-hybridized carbons (Fsp3) is 0.100. The normalized spacial score (nSPS) is 11.8. The molecule has 3 N–H and O–H groups in total. The van der Waals surface area contributed by atoms with E-state index in [1.165, 1.54) is 18.3 Å². The Hall–Kier alpha value is -2.56. The minimum Gasteiger partial charge on any atom is -0.369 e. The summed E-state index contributed by atoms with van der Waals surface area (Å²) in [6.45, 7) is 0. The van der Waals surface area contributed by atoms with E-state index in [4.69, 9.17) is 11.0 Å². The number of nitrogens with one attached hydrogen (secondary N) is 1. The van der Waals surface area contributed by atoms with Gasteiger partial charge in [-0.15, -0.1) is 0 Å². The molecule has 0 spiro atoms. The highest BCUT2D eigenvalue weighted by Crippen LogP contribution is 2.22. The molecule has 8 heteroatoms. The number of carbonyl (C=O) groups excluding carboxylic acids is 1. The van der Waals surface area contributed by atoms with Gasteiger partial charge in [0.2, 0.25) is 5.96 Å². The predicted molar refractivity (Wildman–Crippen MR) is 56.9 cm³/mol. The summed E-state index contributed by atoms with van der Waals surface area (Å²) >= 11 is 0. The van der Waals surface area contributed by atoms with E-state index in [2.05, 4.69) is 4.99 Å². The van der Waals surface area contributed by atoms with E-state index in [1.807, 2.05) is 5.32 Å². The molecule has 18 heavy (non-hydrogen) atoms. The van der Waals surface area contributed by atoms with E-state index in [1.54, 1.807) is 0 Å². The number of nitrogens with zero attached hydrogens (tertiary/aromatic N) is 2. The average molecular weight is 256 g/mol. The van der Waals surface area contributed by atoms with E-state index in [0.29, 0.717) is 0 Å². The average Bonchev–Trinajstić information content (AvgIpc) is 2.28. The van der Waals surface area contributed by atoms with Gasteiger partial charge in [0.1, 0.15) is 0 Å². The van der Waals surface area contributed by atoms with Crippen LogP contribution in [0.25, 0.3) is 0 Å². The quantitative estimate of drug-likeness (QED) is 0.275. The minimum absolute atomic E-state index is 0.201. The van der Waals surface area contributed by atoms with Crippen LogP contribution in [-0.4, -0.2) is 17.9 Å². The highest BCUT2D eigenvalue weighted by Gasteiger charge is 2.39. The van der Waals surface area contributed by atoms with Gasteiger partial charge < -0.3 is 5.73 Å². The number of rotatable bonds is 2. The Morgan fingerprint density at radius 3 is 2.33 bits per heavy atom. The molecular formula is C10H7F3N4O. The maximum Gasteiger partial charge on any atom is 0.454 e. The van der Waals surface area contributed by atoms with Crippen molar-refractivity contribution in [2.75, 3.05) is 0 Å². The Labute approximate surface area is 99.7 Å². The number of alkyl halides is 3. The van der Waals surface area contributed by atoms with Gasteiger partial charge in [-0.25, -0.2) is 4.99 Å². The van der Waals surface area contributed by atoms with Crippen molar-refractivity contribution in [2.24, 2.45) is 10.7 Å². The molecule has 0 bridgehead atoms. The standard InChI is InChI=1S/C10H7F3N4O/c11-10(12,13)8(18)6-1-3-7(4-2-6)17-9(15)16-5-14/h1-4H,(H3,15,16,17). The van der Waals surface area contributed by atoms with Crippen LogP contribution >= 0.6 is 0 Å². The predicted octanol–water partition coefficient (Wildman–Crippen LogP) is 1.45. The van der Waals surface area contributed by atoms with Gasteiger partial charge in [0.15, 0.2) is 6.19 Å². The van der Waals surface area contributed by atoms with Gasteiger partial charge >= 0.3 is 6.18 Å². The molecule has 0 saturated heterocycles. The number of hydrogen-bond donors (Lipinski definition) is 2. The molecule has 0 atom stereocenters. The SMILES string of the molecule is N#CNC(N)=Nc1ccc(C(=O)C(F)(F)F)cc1. The van der Waals surface area contributed by atoms with Gasteiger partial charge in [0, 0.05) is 5.56 Å². The second-order valence-electron chi connectivity index (χ2n) is 3.11. The van der Waals surface area contributed by atoms with Crippen molar-refractivity contribution >= 4 is 17.4 Å². The van der Waals surface area contributed by atoms with Crippen molar-refractivity contribution in [2.45, 2.75) is 6.18 Å². The zero-order valence-electron chi connectivity index (χ0n) is 8.82. The lowest BCUT2D eigenvalue weighted by molar-refractivity contribution is -0.0885. The van der Waals surface area contributed by atoms with Gasteiger partial charge in [-0.05, 0) is 24.3 Å². The molecule has 1 aromatic carbocycles. The Morgan fingerprint density at radius 1 is 1.33 bits per heavy atom. The second-order valence-corrected chi connectivity index (χ2v) is 3.11. The summed E-state index contributed by atoms with van der Waals surface area (Å²) in [7, 11) is 0. The van der Waals surface area contributed by atoms with Gasteiger partial charge in [0.05, 0.1) is 5.69 Å². The van der Waals surface area contributed by atoms with Gasteiger partial charge in [-0.2, -0.15) is 18.4 Å². The topological polar surface area (TPSA) is 91.3 Å². The van der Waals surface area contributed by atoms with Crippen LogP contribution in [-0.2, 0) is 0 Å². The highest BCUT2D eigenvalue weighted by atomic mass is 19.4. The number of guanidine groups is 1. The summed E-state index contributed by atoms with van der Waals surface area (Å²) in [6.07, 6.45) is -3.38. The van der Waals surface area contributed by atoms with E-state index >= 15 is 0 Å². The third-order valence-corrected chi connectivity index (χ3v) is 1.82. The van der Waals surface area contributed by atoms with Gasteiger partial charge in [0.25, 0.3) is 5.78 Å². The van der Waals surface area contributed by atoms with Crippen LogP contribution in [0.1, 0.15) is 10.4 Å². The number of hydrogen-bond acceptors (Lipinski definition) is 3. The molecule has 0 aromatic heterocycles. The van der Waals surface area contributed by atoms with Crippen LogP contribution in [0, 0.1) is 11.5 Å². The molecule has 1 aromatic rings. The Kier molecular flexibility index (Phi) is 3.89. The lowest BCUT2D eigenvalue weighted by atomic mass is 10.1. The molecule has 0 unspecified atom stereocenters. The Morgan fingerprint density at radius 2 is 1.89 bits per heavy atom. The summed E-state index contributed by atoms with van der Waals surface area (Å²) in [5.41, 5.74) is 4.98. The molecule has 1 rings (SSSR count). The van der Waals surface area contributed by atoms with E-state index < -0.39 is 17.5 Å². The maximum atomic E-state index is 12.1. The van der Waals surface area contributed by atoms with Crippen molar-refractivity contribution in [3.8, 4) is 6.19 Å². The van der Waals surface area contributed by atoms with Crippen LogP contribution in [0.15, 0.2) is 29.3 Å². The maximum absolute atomic E-state index is 12.1. The number of nitriles is 1. The third kappa shape index (κ3) is 3.48. The number of nitrogens with two attached hydrogens (primary N) is 1. The van der Waals surface area contributed by atoms with Crippen LogP contribution in [0.5, 0.6) is 0 Å². The molecule has 0 amide bonds. The number of ketones is 1. The van der Waals surface area contributed by atoms with Crippen molar-refractivity contribution in [3.05, 3.63) is 29.8 Å². The summed E-state index contributed by atoms with van der Waals surface area (Å²) < 4.78 is 36.3. The summed E-state index contributed by atoms with van der Waals surface area (Å²) in [6, 6.07) is 4.33. The molecule has 94 valence electrons. The number of Topliss-reactive ketones (excluding diaryl/α,β-unsaturated/α-hetero) is 1. The number of benzene rings is 1. The lowest BCUT2D eigenvalue weighted by Crippen LogP contribution is -2.26. The first kappa shape index (κ1) is 13.5. The zero-order valence-corrected chi connectivity index (χ0v) is 8.82. The first-order valence-electron chi connectivity index (χ1n) is 4.55. The van der Waals surface area contributed by atoms with E-state index in [9.17, 15) is 18.0 Å². The molecular weight excluding hydrogens is 249 g/mol. The van der Waals surface area contributed by atoms with Gasteiger partial charge in [-0.1, -0.05) is 0 Å². The Bertz CT molecular complexity index is 513. The molecule has 0 radical (unpaired) electrons. The minimum atomic E-state index is -4.91. The fourth-order valence-electron chi connectivity index (χ4n) is 1.08. The molecule has 5 nitrogen and oxygen atoms in total. The zero-order chi connectivity index (χ0) is 13.8. The van der Waals surface area contributed by atoms with Crippen LogP contribution < -0.4 is 11.1 Å². The van der Waals surface area contributed by atoms with Crippen molar-refractivity contribution in [1.29, 1.82) is 5.26 Å². The third-order valence-electron chi connectivity index (χ3n) is 1.82. The first-order chi connectivity index (χ1) is 8.34. The summed E-state index contributed by atoms with van der Waals surface area (Å²) in [5.74, 6) is -2.13. The number of aliphatic imine (C=N–C) groups is 1.